The Morgan fingerprint density at radius 2 is 1.56 bits per heavy atom. The number of nitrogens with one attached hydrogen (secondary N) is 3. The third-order valence-electron chi connectivity index (χ3n) is 5.11. The molecule has 3 amide bonds. The molecule has 1 aromatic carbocycles. The molecule has 0 radical (unpaired) electrons. The van der Waals surface area contributed by atoms with Crippen molar-refractivity contribution in [3.63, 3.8) is 0 Å². The van der Waals surface area contributed by atoms with Gasteiger partial charge in [0.2, 0.25) is 17.7 Å². The van der Waals surface area contributed by atoms with Gasteiger partial charge in [-0.15, -0.1) is 0 Å². The maximum absolute atomic E-state index is 13.0. The number of carboxylic acid groups (broad SMARTS) is 1. The second kappa shape index (κ2) is 14.1. The summed E-state index contributed by atoms with van der Waals surface area (Å²) in [5.41, 5.74) is 12.0. The van der Waals surface area contributed by atoms with Crippen LogP contribution in [0.5, 0.6) is 5.75 Å². The van der Waals surface area contributed by atoms with E-state index in [1.165, 1.54) is 26.0 Å². The molecule has 5 atom stereocenters. The van der Waals surface area contributed by atoms with Gasteiger partial charge in [-0.1, -0.05) is 18.6 Å². The minimum atomic E-state index is -1.47. The van der Waals surface area contributed by atoms with Crippen molar-refractivity contribution in [2.75, 3.05) is 6.54 Å². The molecule has 0 aromatic heterocycles. The number of rotatable bonds is 14. The molecular weight excluding hydrogens is 446 g/mol. The lowest BCUT2D eigenvalue weighted by Crippen LogP contribution is -2.60. The quantitative estimate of drug-likeness (QED) is 0.142. The van der Waals surface area contributed by atoms with Gasteiger partial charge >= 0.3 is 5.97 Å². The second-order valence-electron chi connectivity index (χ2n) is 8.12. The molecule has 0 saturated carbocycles. The van der Waals surface area contributed by atoms with Crippen molar-refractivity contribution in [1.82, 2.24) is 16.0 Å². The molecule has 0 aliphatic rings. The van der Waals surface area contributed by atoms with E-state index in [0.29, 0.717) is 31.4 Å². The SMILES string of the molecule is CC(NC(=O)C(NC(=O)C(Cc1ccc(O)cc1)NC(=O)C(N)CCCCN)C(C)O)C(=O)O. The van der Waals surface area contributed by atoms with Gasteiger partial charge in [0.15, 0.2) is 0 Å². The molecule has 10 N–H and O–H groups in total. The fraction of sp³-hybridized carbons (Fsp3) is 0.545. The number of amides is 3. The summed E-state index contributed by atoms with van der Waals surface area (Å²) in [6.07, 6.45) is 0.341. The van der Waals surface area contributed by atoms with Crippen molar-refractivity contribution in [1.29, 1.82) is 0 Å². The fourth-order valence-corrected chi connectivity index (χ4v) is 3.02. The Hall–Kier alpha value is -3.22. The van der Waals surface area contributed by atoms with Gasteiger partial charge in [-0.3, -0.25) is 19.2 Å². The standard InChI is InChI=1S/C22H35N5O7/c1-12(22(33)34)25-21(32)18(13(2)28)27-20(31)17(11-14-6-8-15(29)9-7-14)26-19(30)16(24)5-3-4-10-23/h6-9,12-13,16-18,28-29H,3-5,10-11,23-24H2,1-2H3,(H,25,32)(H,26,30)(H,27,31)(H,33,34). The summed E-state index contributed by atoms with van der Waals surface area (Å²) in [5.74, 6) is -3.52. The number of aliphatic hydroxyl groups excluding tert-OH is 1. The molecule has 0 spiro atoms. The average Bonchev–Trinajstić information content (AvgIpc) is 2.77. The molecule has 190 valence electrons. The van der Waals surface area contributed by atoms with Crippen LogP contribution in [0.3, 0.4) is 0 Å². The molecule has 0 saturated heterocycles. The first-order chi connectivity index (χ1) is 16.0. The van der Waals surface area contributed by atoms with Crippen LogP contribution in [0.25, 0.3) is 0 Å². The Kier molecular flexibility index (Phi) is 12.0. The topological polar surface area (TPSA) is 217 Å². The number of phenolic OH excluding ortho intramolecular Hbond substituents is 1. The van der Waals surface area contributed by atoms with Gasteiger partial charge in [0, 0.05) is 6.42 Å². The summed E-state index contributed by atoms with van der Waals surface area (Å²) in [7, 11) is 0. The number of hydrogen-bond donors (Lipinski definition) is 8. The van der Waals surface area contributed by atoms with Crippen molar-refractivity contribution in [2.45, 2.75) is 69.8 Å². The largest absolute Gasteiger partial charge is 0.508 e. The van der Waals surface area contributed by atoms with Gasteiger partial charge in [0.05, 0.1) is 12.1 Å². The van der Waals surface area contributed by atoms with Crippen LogP contribution in [-0.2, 0) is 25.6 Å². The number of hydrogen-bond acceptors (Lipinski definition) is 8. The Morgan fingerprint density at radius 3 is 2.09 bits per heavy atom. The highest BCUT2D eigenvalue weighted by molar-refractivity contribution is 5.94. The van der Waals surface area contributed by atoms with E-state index in [9.17, 15) is 29.4 Å². The van der Waals surface area contributed by atoms with E-state index < -0.39 is 54.0 Å². The van der Waals surface area contributed by atoms with Gasteiger partial charge in [0.25, 0.3) is 0 Å². The van der Waals surface area contributed by atoms with Crippen LogP contribution in [0, 0.1) is 0 Å². The van der Waals surface area contributed by atoms with E-state index in [1.54, 1.807) is 12.1 Å². The van der Waals surface area contributed by atoms with Gasteiger partial charge in [-0.25, -0.2) is 0 Å². The molecular formula is C22H35N5O7. The van der Waals surface area contributed by atoms with E-state index in [4.69, 9.17) is 16.6 Å². The molecule has 34 heavy (non-hydrogen) atoms. The maximum atomic E-state index is 13.0. The smallest absolute Gasteiger partial charge is 0.325 e. The zero-order chi connectivity index (χ0) is 25.8. The molecule has 0 heterocycles. The van der Waals surface area contributed by atoms with Crippen LogP contribution in [0.4, 0.5) is 0 Å². The van der Waals surface area contributed by atoms with E-state index in [1.807, 2.05) is 0 Å². The summed E-state index contributed by atoms with van der Waals surface area (Å²) in [6.45, 7) is 2.96. The lowest BCUT2D eigenvalue weighted by atomic mass is 10.0. The number of aromatic hydroxyl groups is 1. The van der Waals surface area contributed by atoms with Crippen molar-refractivity contribution in [2.24, 2.45) is 11.5 Å². The minimum absolute atomic E-state index is 0.00699. The molecule has 0 bridgehead atoms. The van der Waals surface area contributed by atoms with Crippen LogP contribution < -0.4 is 27.4 Å². The van der Waals surface area contributed by atoms with Gasteiger partial charge in [-0.2, -0.15) is 0 Å². The molecule has 0 fully saturated rings. The van der Waals surface area contributed by atoms with Gasteiger partial charge in [-0.05, 0) is 50.9 Å². The number of aliphatic carboxylic acids is 1. The summed E-state index contributed by atoms with van der Waals surface area (Å²) < 4.78 is 0. The van der Waals surface area contributed by atoms with Crippen LogP contribution >= 0.6 is 0 Å². The molecule has 0 aliphatic carbocycles. The Labute approximate surface area is 198 Å². The summed E-state index contributed by atoms with van der Waals surface area (Å²) >= 11 is 0. The number of carbonyl (C=O) groups is 4. The first-order valence-corrected chi connectivity index (χ1v) is 11.0. The van der Waals surface area contributed by atoms with Crippen LogP contribution in [0.15, 0.2) is 24.3 Å². The summed E-state index contributed by atoms with van der Waals surface area (Å²) in [6, 6.07) is 1.22. The molecule has 0 aliphatic heterocycles. The van der Waals surface area contributed by atoms with Crippen LogP contribution in [0.2, 0.25) is 0 Å². The number of carbonyl (C=O) groups excluding carboxylic acids is 3. The Bertz CT molecular complexity index is 831. The summed E-state index contributed by atoms with van der Waals surface area (Å²) in [5, 5.41) is 35.6. The van der Waals surface area contributed by atoms with E-state index in [0.717, 1.165) is 0 Å². The van der Waals surface area contributed by atoms with Crippen LogP contribution in [-0.4, -0.2) is 75.8 Å². The highest BCUT2D eigenvalue weighted by Gasteiger charge is 2.32. The van der Waals surface area contributed by atoms with E-state index in [2.05, 4.69) is 16.0 Å². The predicted molar refractivity (Wildman–Crippen MR) is 123 cm³/mol. The average molecular weight is 482 g/mol. The number of aliphatic hydroxyl groups is 1. The molecule has 12 nitrogen and oxygen atoms in total. The highest BCUT2D eigenvalue weighted by Crippen LogP contribution is 2.12. The van der Waals surface area contributed by atoms with Crippen LogP contribution in [0.1, 0.15) is 38.7 Å². The van der Waals surface area contributed by atoms with Crippen molar-refractivity contribution < 1.29 is 34.5 Å². The second-order valence-corrected chi connectivity index (χ2v) is 8.12. The highest BCUT2D eigenvalue weighted by atomic mass is 16.4. The van der Waals surface area contributed by atoms with Crippen molar-refractivity contribution in [3.05, 3.63) is 29.8 Å². The van der Waals surface area contributed by atoms with Gasteiger partial charge in [0.1, 0.15) is 23.9 Å². The van der Waals surface area contributed by atoms with Gasteiger partial charge < -0.3 is 42.7 Å². The number of unbranched alkanes of at least 4 members (excludes halogenated alkanes) is 1. The molecule has 5 unspecified atom stereocenters. The number of nitrogens with two attached hydrogens (primary N) is 2. The molecule has 1 rings (SSSR count). The van der Waals surface area contributed by atoms with Crippen molar-refractivity contribution >= 4 is 23.7 Å². The Morgan fingerprint density at radius 1 is 0.941 bits per heavy atom. The fourth-order valence-electron chi connectivity index (χ4n) is 3.02. The lowest BCUT2D eigenvalue weighted by Gasteiger charge is -2.26. The minimum Gasteiger partial charge on any atom is -0.508 e. The first-order valence-electron chi connectivity index (χ1n) is 11.0. The third kappa shape index (κ3) is 9.73. The van der Waals surface area contributed by atoms with E-state index in [-0.39, 0.29) is 12.2 Å². The Balaban J connectivity index is 3.02. The van der Waals surface area contributed by atoms with E-state index >= 15 is 0 Å². The summed E-state index contributed by atoms with van der Waals surface area (Å²) in [4.78, 5) is 49.1. The lowest BCUT2D eigenvalue weighted by molar-refractivity contribution is -0.142. The van der Waals surface area contributed by atoms with Crippen molar-refractivity contribution in [3.8, 4) is 5.75 Å². The number of benzene rings is 1. The predicted octanol–water partition coefficient (Wildman–Crippen LogP) is -1.67. The molecule has 12 heteroatoms. The maximum Gasteiger partial charge on any atom is 0.325 e. The monoisotopic (exact) mass is 481 g/mol. The first kappa shape index (κ1) is 28.8. The normalized spacial score (nSPS) is 15.3. The molecule has 1 aromatic rings. The zero-order valence-electron chi connectivity index (χ0n) is 19.4. The number of carboxylic acids is 1. The number of phenols is 1. The third-order valence-corrected chi connectivity index (χ3v) is 5.11. The zero-order valence-corrected chi connectivity index (χ0v) is 19.4.